The molecule has 0 radical (unpaired) electrons. The minimum atomic E-state index is 0.596. The molecule has 0 nitrogen and oxygen atoms in total. The minimum Gasteiger partial charge on any atom is -0.0795 e. The van der Waals surface area contributed by atoms with Crippen LogP contribution in [0.15, 0.2) is 47.6 Å². The highest BCUT2D eigenvalue weighted by Crippen LogP contribution is 2.27. The van der Waals surface area contributed by atoms with E-state index in [9.17, 15) is 0 Å². The number of fused-ring (bicyclic) bond motifs is 1. The Bertz CT molecular complexity index is 274. The smallest absolute Gasteiger partial charge is 0.00726 e. The molecule has 1 atom stereocenters. The van der Waals surface area contributed by atoms with Crippen LogP contribution in [0.4, 0.5) is 0 Å². The number of hydrogen-bond acceptors (Lipinski definition) is 0. The topological polar surface area (TPSA) is 0 Å². The zero-order valence-electron chi connectivity index (χ0n) is 6.75. The van der Waals surface area contributed by atoms with Crippen molar-refractivity contribution in [3.05, 3.63) is 47.6 Å². The van der Waals surface area contributed by atoms with Crippen molar-refractivity contribution < 1.29 is 0 Å². The van der Waals surface area contributed by atoms with Crippen molar-refractivity contribution in [3.8, 4) is 0 Å². The van der Waals surface area contributed by atoms with Gasteiger partial charge in [-0.25, -0.2) is 0 Å². The van der Waals surface area contributed by atoms with Crippen LogP contribution in [0.2, 0.25) is 0 Å². The number of rotatable bonds is 0. The summed E-state index contributed by atoms with van der Waals surface area (Å²) in [6, 6.07) is 0. The zero-order chi connectivity index (χ0) is 7.68. The molecule has 0 aromatic carbocycles. The molecule has 2 aliphatic rings. The van der Waals surface area contributed by atoms with Crippen LogP contribution in [0.5, 0.6) is 0 Å². The molecule has 11 heavy (non-hydrogen) atoms. The zero-order valence-corrected chi connectivity index (χ0v) is 6.75. The lowest BCUT2D eigenvalue weighted by Gasteiger charge is -1.99. The molecule has 0 N–H and O–H groups in total. The predicted molar refractivity (Wildman–Crippen MR) is 48.2 cm³/mol. The van der Waals surface area contributed by atoms with E-state index in [1.165, 1.54) is 11.1 Å². The van der Waals surface area contributed by atoms with Gasteiger partial charge in [0.25, 0.3) is 0 Å². The van der Waals surface area contributed by atoms with Gasteiger partial charge in [-0.3, -0.25) is 0 Å². The minimum absolute atomic E-state index is 0.596. The van der Waals surface area contributed by atoms with Gasteiger partial charge in [-0.2, -0.15) is 0 Å². The fourth-order valence-corrected chi connectivity index (χ4v) is 1.57. The summed E-state index contributed by atoms with van der Waals surface area (Å²) in [4.78, 5) is 0. The van der Waals surface area contributed by atoms with E-state index in [4.69, 9.17) is 0 Å². The second kappa shape index (κ2) is 2.54. The monoisotopic (exact) mass is 144 g/mol. The van der Waals surface area contributed by atoms with Gasteiger partial charge in [-0.1, -0.05) is 43.4 Å². The van der Waals surface area contributed by atoms with Crippen LogP contribution in [0.1, 0.15) is 13.3 Å². The van der Waals surface area contributed by atoms with Crippen molar-refractivity contribution in [1.82, 2.24) is 0 Å². The van der Waals surface area contributed by atoms with Crippen molar-refractivity contribution in [2.45, 2.75) is 13.3 Å². The van der Waals surface area contributed by atoms with Gasteiger partial charge in [0.1, 0.15) is 0 Å². The van der Waals surface area contributed by atoms with Crippen molar-refractivity contribution >= 4 is 0 Å². The molecular formula is C11H12. The first-order valence-corrected chi connectivity index (χ1v) is 4.12. The molecule has 0 bridgehead atoms. The van der Waals surface area contributed by atoms with E-state index in [1.807, 2.05) is 0 Å². The molecule has 0 spiro atoms. The van der Waals surface area contributed by atoms with Crippen LogP contribution in [0, 0.1) is 5.92 Å². The van der Waals surface area contributed by atoms with Gasteiger partial charge in [0, 0.05) is 0 Å². The van der Waals surface area contributed by atoms with E-state index >= 15 is 0 Å². The van der Waals surface area contributed by atoms with E-state index in [0.717, 1.165) is 6.42 Å². The molecular weight excluding hydrogens is 132 g/mol. The molecule has 56 valence electrons. The molecule has 0 aromatic rings. The Balaban J connectivity index is 2.40. The van der Waals surface area contributed by atoms with Crippen LogP contribution in [0.3, 0.4) is 0 Å². The summed E-state index contributed by atoms with van der Waals surface area (Å²) in [7, 11) is 0. The van der Waals surface area contributed by atoms with Gasteiger partial charge >= 0.3 is 0 Å². The highest BCUT2D eigenvalue weighted by molar-refractivity contribution is 5.49. The summed E-state index contributed by atoms with van der Waals surface area (Å²) in [5.74, 6) is 0.596. The van der Waals surface area contributed by atoms with Gasteiger partial charge in [-0.15, -0.1) is 0 Å². The predicted octanol–water partition coefficient (Wildman–Crippen LogP) is 3.01. The Hall–Kier alpha value is -1.04. The fourth-order valence-electron chi connectivity index (χ4n) is 1.57. The van der Waals surface area contributed by atoms with E-state index in [-0.39, 0.29) is 0 Å². The van der Waals surface area contributed by atoms with Crippen LogP contribution < -0.4 is 0 Å². The van der Waals surface area contributed by atoms with Crippen LogP contribution in [0.25, 0.3) is 0 Å². The Morgan fingerprint density at radius 2 is 2.36 bits per heavy atom. The van der Waals surface area contributed by atoms with E-state index in [0.29, 0.717) is 5.92 Å². The summed E-state index contributed by atoms with van der Waals surface area (Å²) >= 11 is 0. The Morgan fingerprint density at radius 3 is 3.27 bits per heavy atom. The van der Waals surface area contributed by atoms with E-state index in [2.05, 4.69) is 43.4 Å². The lowest BCUT2D eigenvalue weighted by Crippen LogP contribution is -1.84. The molecule has 0 aromatic heterocycles. The Morgan fingerprint density at radius 1 is 1.45 bits per heavy atom. The molecule has 1 unspecified atom stereocenters. The van der Waals surface area contributed by atoms with Crippen LogP contribution >= 0.6 is 0 Å². The van der Waals surface area contributed by atoms with Crippen LogP contribution in [-0.2, 0) is 0 Å². The quantitative estimate of drug-likeness (QED) is 0.490. The number of allylic oxidation sites excluding steroid dienone is 8. The van der Waals surface area contributed by atoms with Crippen molar-refractivity contribution in [1.29, 1.82) is 0 Å². The first kappa shape index (κ1) is 6.66. The van der Waals surface area contributed by atoms with E-state index < -0.39 is 0 Å². The lowest BCUT2D eigenvalue weighted by molar-refractivity contribution is 0.928. The average Bonchev–Trinajstić information content (AvgIpc) is 2.31. The van der Waals surface area contributed by atoms with Crippen molar-refractivity contribution in [2.24, 2.45) is 5.92 Å². The summed E-state index contributed by atoms with van der Waals surface area (Å²) in [6.07, 6.45) is 14.5. The molecule has 0 amide bonds. The first-order valence-electron chi connectivity index (χ1n) is 4.12. The molecule has 0 heterocycles. The van der Waals surface area contributed by atoms with Gasteiger partial charge in [0.15, 0.2) is 0 Å². The normalized spacial score (nSPS) is 27.5. The van der Waals surface area contributed by atoms with Crippen LogP contribution in [-0.4, -0.2) is 0 Å². The highest BCUT2D eigenvalue weighted by Gasteiger charge is 2.08. The molecule has 0 fully saturated rings. The Labute approximate surface area is 67.6 Å². The van der Waals surface area contributed by atoms with Gasteiger partial charge < -0.3 is 0 Å². The van der Waals surface area contributed by atoms with Crippen molar-refractivity contribution in [3.63, 3.8) is 0 Å². The molecule has 2 aliphatic carbocycles. The third-order valence-corrected chi connectivity index (χ3v) is 2.16. The third-order valence-electron chi connectivity index (χ3n) is 2.16. The van der Waals surface area contributed by atoms with Crippen molar-refractivity contribution in [2.75, 3.05) is 0 Å². The second-order valence-electron chi connectivity index (χ2n) is 3.16. The average molecular weight is 144 g/mol. The van der Waals surface area contributed by atoms with E-state index in [1.54, 1.807) is 0 Å². The molecule has 0 saturated carbocycles. The maximum atomic E-state index is 2.34. The first-order chi connectivity index (χ1) is 5.36. The van der Waals surface area contributed by atoms with Gasteiger partial charge in [-0.05, 0) is 23.5 Å². The fraction of sp³-hybridized carbons (Fsp3) is 0.273. The molecule has 2 rings (SSSR count). The largest absolute Gasteiger partial charge is 0.0795 e. The maximum Gasteiger partial charge on any atom is -0.00726 e. The Kier molecular flexibility index (Phi) is 1.54. The summed E-state index contributed by atoms with van der Waals surface area (Å²) in [6.45, 7) is 2.22. The molecule has 0 saturated heterocycles. The SMILES string of the molecule is CC1C=CC=C2C=CCC2=C1. The summed E-state index contributed by atoms with van der Waals surface area (Å²) in [5, 5.41) is 0. The lowest BCUT2D eigenvalue weighted by atomic mass is 10.1. The van der Waals surface area contributed by atoms with Gasteiger partial charge in [0.05, 0.1) is 0 Å². The standard InChI is InChI=1S/C11H12/c1-9-4-2-5-10-6-3-7-11(10)8-9/h2-6,8-9H,7H2,1H3. The molecule has 0 heteroatoms. The molecule has 0 aliphatic heterocycles. The van der Waals surface area contributed by atoms with Gasteiger partial charge in [0.2, 0.25) is 0 Å². The maximum absolute atomic E-state index is 2.34. The third kappa shape index (κ3) is 1.21. The number of hydrogen-bond donors (Lipinski definition) is 0. The summed E-state index contributed by atoms with van der Waals surface area (Å²) in [5.41, 5.74) is 2.88. The highest BCUT2D eigenvalue weighted by atomic mass is 14.1. The summed E-state index contributed by atoms with van der Waals surface area (Å²) < 4.78 is 0. The second-order valence-corrected chi connectivity index (χ2v) is 3.16.